The number of fused-ring (bicyclic) bond motifs is 1. The van der Waals surface area contributed by atoms with Gasteiger partial charge in [-0.1, -0.05) is 12.1 Å². The predicted molar refractivity (Wildman–Crippen MR) is 101 cm³/mol. The van der Waals surface area contributed by atoms with Gasteiger partial charge in [-0.25, -0.2) is 0 Å². The van der Waals surface area contributed by atoms with Gasteiger partial charge in [-0.3, -0.25) is 9.48 Å². The number of hydrogen-bond donors (Lipinski definition) is 2. The van der Waals surface area contributed by atoms with Crippen molar-refractivity contribution in [2.24, 2.45) is 13.0 Å². The van der Waals surface area contributed by atoms with E-state index in [4.69, 9.17) is 4.74 Å². The predicted octanol–water partition coefficient (Wildman–Crippen LogP) is 3.20. The topological polar surface area (TPSA) is 68.2 Å². The van der Waals surface area contributed by atoms with E-state index >= 15 is 0 Å². The van der Waals surface area contributed by atoms with E-state index < -0.39 is 11.9 Å². The summed E-state index contributed by atoms with van der Waals surface area (Å²) < 4.78 is 45.5. The van der Waals surface area contributed by atoms with Crippen LogP contribution in [0.3, 0.4) is 0 Å². The Balaban J connectivity index is 1.41. The second-order valence-electron chi connectivity index (χ2n) is 7.58. The van der Waals surface area contributed by atoms with E-state index in [1.54, 1.807) is 24.3 Å². The minimum absolute atomic E-state index is 0.0385. The molecular formula is C20H23F3N4O2. The first-order valence-corrected chi connectivity index (χ1v) is 9.69. The van der Waals surface area contributed by atoms with Crippen LogP contribution in [0.1, 0.15) is 25.0 Å². The number of amides is 1. The Morgan fingerprint density at radius 1 is 1.28 bits per heavy atom. The van der Waals surface area contributed by atoms with Gasteiger partial charge in [-0.05, 0) is 43.0 Å². The van der Waals surface area contributed by atoms with E-state index in [0.29, 0.717) is 23.6 Å². The molecule has 2 N–H and O–H groups in total. The molecule has 1 saturated heterocycles. The molecule has 3 atom stereocenters. The van der Waals surface area contributed by atoms with Crippen LogP contribution in [0.2, 0.25) is 0 Å². The van der Waals surface area contributed by atoms with Crippen molar-refractivity contribution in [3.05, 3.63) is 36.0 Å². The average Bonchev–Trinajstić information content (AvgIpc) is 3.10. The molecule has 1 aliphatic carbocycles. The number of aromatic nitrogens is 2. The standard InChI is InChI=1S/C20H23F3N4O2/c1-27-16(11-18(26-27)20(21,22)23)12-2-5-14(6-3-12)25-19(28)13-4-7-17-15(10-13)24-8-9-29-17/h2-3,5-6,11,13,15,17,24H,4,7-10H2,1H3,(H,25,28)/t13-,15+,17+/m0/s1. The number of nitrogens with zero attached hydrogens (tertiary/aromatic N) is 2. The quantitative estimate of drug-likeness (QED) is 0.819. The highest BCUT2D eigenvalue weighted by atomic mass is 19.4. The van der Waals surface area contributed by atoms with E-state index in [9.17, 15) is 18.0 Å². The molecule has 0 radical (unpaired) electrons. The molecule has 2 fully saturated rings. The normalized spacial score (nSPS) is 24.8. The molecule has 2 aliphatic rings. The first kappa shape index (κ1) is 19.9. The maximum atomic E-state index is 12.8. The van der Waals surface area contributed by atoms with Crippen molar-refractivity contribution >= 4 is 11.6 Å². The van der Waals surface area contributed by atoms with Gasteiger partial charge in [0, 0.05) is 31.2 Å². The number of halogens is 3. The number of alkyl halides is 3. The number of nitrogens with one attached hydrogen (secondary N) is 2. The van der Waals surface area contributed by atoms with Crippen molar-refractivity contribution in [3.8, 4) is 11.3 Å². The molecule has 0 spiro atoms. The third kappa shape index (κ3) is 4.30. The van der Waals surface area contributed by atoms with Crippen LogP contribution in [0.25, 0.3) is 11.3 Å². The monoisotopic (exact) mass is 408 g/mol. The molecule has 1 amide bonds. The Labute approximate surface area is 166 Å². The maximum Gasteiger partial charge on any atom is 0.435 e. The number of aryl methyl sites for hydroxylation is 1. The van der Waals surface area contributed by atoms with Gasteiger partial charge in [0.25, 0.3) is 0 Å². The summed E-state index contributed by atoms with van der Waals surface area (Å²) in [5.74, 6) is -0.125. The largest absolute Gasteiger partial charge is 0.435 e. The smallest absolute Gasteiger partial charge is 0.375 e. The summed E-state index contributed by atoms with van der Waals surface area (Å²) in [6.45, 7) is 1.52. The van der Waals surface area contributed by atoms with Crippen LogP contribution in [0, 0.1) is 5.92 Å². The Morgan fingerprint density at radius 2 is 2.03 bits per heavy atom. The fourth-order valence-electron chi connectivity index (χ4n) is 4.09. The van der Waals surface area contributed by atoms with Crippen LogP contribution < -0.4 is 10.6 Å². The highest BCUT2D eigenvalue weighted by molar-refractivity contribution is 5.92. The third-order valence-corrected chi connectivity index (χ3v) is 5.62. The lowest BCUT2D eigenvalue weighted by Crippen LogP contribution is -2.52. The number of carbonyl (C=O) groups excluding carboxylic acids is 1. The van der Waals surface area contributed by atoms with Gasteiger partial charge in [-0.15, -0.1) is 0 Å². The lowest BCUT2D eigenvalue weighted by atomic mass is 9.82. The van der Waals surface area contributed by atoms with Crippen molar-refractivity contribution in [2.75, 3.05) is 18.5 Å². The first-order chi connectivity index (χ1) is 13.8. The van der Waals surface area contributed by atoms with Crippen molar-refractivity contribution in [3.63, 3.8) is 0 Å². The summed E-state index contributed by atoms with van der Waals surface area (Å²) in [4.78, 5) is 12.6. The summed E-state index contributed by atoms with van der Waals surface area (Å²) in [5.41, 5.74) is 0.643. The molecule has 0 bridgehead atoms. The Morgan fingerprint density at radius 3 is 2.72 bits per heavy atom. The van der Waals surface area contributed by atoms with E-state index in [2.05, 4.69) is 15.7 Å². The zero-order valence-corrected chi connectivity index (χ0v) is 16.0. The van der Waals surface area contributed by atoms with Crippen LogP contribution in [-0.2, 0) is 22.8 Å². The van der Waals surface area contributed by atoms with Crippen LogP contribution in [-0.4, -0.2) is 41.0 Å². The molecule has 29 heavy (non-hydrogen) atoms. The zero-order valence-electron chi connectivity index (χ0n) is 16.0. The van der Waals surface area contributed by atoms with Crippen molar-refractivity contribution in [2.45, 2.75) is 37.6 Å². The molecule has 2 aromatic rings. The number of benzene rings is 1. The minimum atomic E-state index is -4.48. The number of ether oxygens (including phenoxy) is 1. The molecule has 1 aromatic heterocycles. The van der Waals surface area contributed by atoms with Gasteiger partial charge in [0.05, 0.1) is 18.4 Å². The van der Waals surface area contributed by atoms with Gasteiger partial charge in [0.1, 0.15) is 0 Å². The van der Waals surface area contributed by atoms with Crippen LogP contribution >= 0.6 is 0 Å². The van der Waals surface area contributed by atoms with Gasteiger partial charge in [-0.2, -0.15) is 18.3 Å². The van der Waals surface area contributed by atoms with Gasteiger partial charge in [0.2, 0.25) is 5.91 Å². The van der Waals surface area contributed by atoms with Crippen LogP contribution in [0.4, 0.5) is 18.9 Å². The van der Waals surface area contributed by atoms with Gasteiger partial charge >= 0.3 is 6.18 Å². The number of morpholine rings is 1. The molecule has 6 nitrogen and oxygen atoms in total. The van der Waals surface area contributed by atoms with E-state index in [1.807, 2.05) is 0 Å². The van der Waals surface area contributed by atoms with Crippen LogP contribution in [0.15, 0.2) is 30.3 Å². The van der Waals surface area contributed by atoms with E-state index in [1.165, 1.54) is 11.7 Å². The van der Waals surface area contributed by atoms with Crippen molar-refractivity contribution in [1.82, 2.24) is 15.1 Å². The lowest BCUT2D eigenvalue weighted by molar-refractivity contribution is -0.141. The number of hydrogen-bond acceptors (Lipinski definition) is 4. The number of rotatable bonds is 3. The summed E-state index contributed by atoms with van der Waals surface area (Å²) in [7, 11) is 1.47. The highest BCUT2D eigenvalue weighted by Gasteiger charge is 2.36. The fourth-order valence-corrected chi connectivity index (χ4v) is 4.09. The third-order valence-electron chi connectivity index (χ3n) is 5.62. The lowest BCUT2D eigenvalue weighted by Gasteiger charge is -2.39. The van der Waals surface area contributed by atoms with Crippen LogP contribution in [0.5, 0.6) is 0 Å². The van der Waals surface area contributed by atoms with Crippen molar-refractivity contribution in [1.29, 1.82) is 0 Å². The molecule has 1 aromatic carbocycles. The molecule has 156 valence electrons. The van der Waals surface area contributed by atoms with E-state index in [-0.39, 0.29) is 24.0 Å². The van der Waals surface area contributed by atoms with E-state index in [0.717, 1.165) is 31.9 Å². The Hall–Kier alpha value is -2.39. The summed E-state index contributed by atoms with van der Waals surface area (Å²) >= 11 is 0. The second kappa shape index (κ2) is 7.79. The number of carbonyl (C=O) groups is 1. The van der Waals surface area contributed by atoms with Gasteiger partial charge in [0.15, 0.2) is 5.69 Å². The van der Waals surface area contributed by atoms with Gasteiger partial charge < -0.3 is 15.4 Å². The Bertz CT molecular complexity index is 879. The molecule has 1 aliphatic heterocycles. The first-order valence-electron chi connectivity index (χ1n) is 9.69. The van der Waals surface area contributed by atoms with Crippen molar-refractivity contribution < 1.29 is 22.7 Å². The minimum Gasteiger partial charge on any atom is -0.375 e. The fraction of sp³-hybridized carbons (Fsp3) is 0.500. The zero-order chi connectivity index (χ0) is 20.6. The summed E-state index contributed by atoms with van der Waals surface area (Å²) in [5, 5.41) is 9.87. The maximum absolute atomic E-state index is 12.8. The SMILES string of the molecule is Cn1nc(C(F)(F)F)cc1-c1ccc(NC(=O)[C@H]2CC[C@H]3OCCN[C@@H]3C2)cc1. The summed E-state index contributed by atoms with van der Waals surface area (Å²) in [6, 6.07) is 7.98. The Kier molecular flexibility index (Phi) is 5.35. The summed E-state index contributed by atoms with van der Waals surface area (Å²) in [6.07, 6.45) is -1.92. The molecular weight excluding hydrogens is 385 g/mol. The molecule has 9 heteroatoms. The highest BCUT2D eigenvalue weighted by Crippen LogP contribution is 2.32. The second-order valence-corrected chi connectivity index (χ2v) is 7.58. The molecule has 2 heterocycles. The average molecular weight is 408 g/mol. The number of anilines is 1. The molecule has 0 unspecified atom stereocenters. The molecule has 4 rings (SSSR count). The molecule has 1 saturated carbocycles.